The minimum absolute atomic E-state index is 0.0882. The molecule has 0 aromatic rings. The number of hydrogen-bond acceptors (Lipinski definition) is 6. The van der Waals surface area contributed by atoms with E-state index in [4.69, 9.17) is 14.2 Å². The van der Waals surface area contributed by atoms with Crippen LogP contribution in [0.15, 0.2) is 72.9 Å². The van der Waals surface area contributed by atoms with Crippen molar-refractivity contribution >= 4 is 17.9 Å². The summed E-state index contributed by atoms with van der Waals surface area (Å²) in [5, 5.41) is 0. The van der Waals surface area contributed by atoms with Gasteiger partial charge in [-0.2, -0.15) is 0 Å². The Morgan fingerprint density at radius 2 is 0.619 bits per heavy atom. The number of carbonyl (C=O) groups is 3. The maximum absolute atomic E-state index is 12.8. The lowest BCUT2D eigenvalue weighted by atomic mass is 10.0. The van der Waals surface area contributed by atoms with Crippen molar-refractivity contribution in [3.8, 4) is 0 Å². The summed E-state index contributed by atoms with van der Waals surface area (Å²) < 4.78 is 16.8. The molecule has 0 aliphatic carbocycles. The zero-order valence-corrected chi connectivity index (χ0v) is 41.3. The number of carbonyl (C=O) groups excluding carboxylic acids is 3. The zero-order chi connectivity index (χ0) is 45.8. The van der Waals surface area contributed by atoms with Crippen molar-refractivity contribution in [1.82, 2.24) is 0 Å². The van der Waals surface area contributed by atoms with Crippen LogP contribution in [0.2, 0.25) is 0 Å². The molecule has 63 heavy (non-hydrogen) atoms. The second-order valence-corrected chi connectivity index (χ2v) is 17.6. The van der Waals surface area contributed by atoms with Crippen LogP contribution < -0.4 is 0 Å². The summed E-state index contributed by atoms with van der Waals surface area (Å²) in [5.41, 5.74) is 0. The van der Waals surface area contributed by atoms with E-state index in [2.05, 4.69) is 69.4 Å². The Labute approximate surface area is 389 Å². The topological polar surface area (TPSA) is 78.9 Å². The zero-order valence-electron chi connectivity index (χ0n) is 41.3. The smallest absolute Gasteiger partial charge is 0.306 e. The molecule has 0 fully saturated rings. The Bertz CT molecular complexity index is 1190. The minimum atomic E-state index is -0.792. The van der Waals surface area contributed by atoms with Crippen molar-refractivity contribution in [3.63, 3.8) is 0 Å². The lowest BCUT2D eigenvalue weighted by Crippen LogP contribution is -2.30. The van der Waals surface area contributed by atoms with Crippen molar-refractivity contribution in [2.24, 2.45) is 0 Å². The second kappa shape index (κ2) is 51.5. The van der Waals surface area contributed by atoms with Gasteiger partial charge >= 0.3 is 17.9 Å². The van der Waals surface area contributed by atoms with Gasteiger partial charge in [-0.1, -0.05) is 241 Å². The van der Waals surface area contributed by atoms with E-state index in [1.54, 1.807) is 0 Å². The molecule has 0 radical (unpaired) electrons. The number of ether oxygens (including phenoxy) is 3. The molecule has 6 nitrogen and oxygen atoms in total. The standard InChI is InChI=1S/C57H98O6/c1-4-7-10-13-16-19-22-25-27-28-29-30-33-35-38-41-44-47-50-56(59)62-53-54(52-61-55(58)49-46-43-40-37-34-31-24-21-18-15-12-9-6-3)63-57(60)51-48-45-42-39-36-32-26-23-20-17-14-11-8-5-2/h10,13,16,19,22,25,27-30,32,36,54H,4-9,11-12,14-15,17-18,20-21,23-24,26,31,33-35,37-53H2,1-3H3/b13-10-,19-16-,25-22-,28-27-,30-29-,36-32-. The van der Waals surface area contributed by atoms with Crippen LogP contribution in [0.5, 0.6) is 0 Å². The van der Waals surface area contributed by atoms with Crippen LogP contribution in [-0.4, -0.2) is 37.2 Å². The van der Waals surface area contributed by atoms with Crippen molar-refractivity contribution in [3.05, 3.63) is 72.9 Å². The molecule has 0 aliphatic rings. The van der Waals surface area contributed by atoms with E-state index >= 15 is 0 Å². The fourth-order valence-electron chi connectivity index (χ4n) is 7.29. The molecule has 0 saturated carbocycles. The van der Waals surface area contributed by atoms with Gasteiger partial charge in [0.05, 0.1) is 0 Å². The Morgan fingerprint density at radius 3 is 1.02 bits per heavy atom. The lowest BCUT2D eigenvalue weighted by molar-refractivity contribution is -0.167. The van der Waals surface area contributed by atoms with Crippen LogP contribution in [-0.2, 0) is 28.6 Å². The Kier molecular flexibility index (Phi) is 48.9. The molecule has 6 heteroatoms. The van der Waals surface area contributed by atoms with Gasteiger partial charge in [0.15, 0.2) is 6.10 Å². The molecule has 0 spiro atoms. The third-order valence-corrected chi connectivity index (χ3v) is 11.3. The number of esters is 3. The van der Waals surface area contributed by atoms with Crippen molar-refractivity contribution in [1.29, 1.82) is 0 Å². The molecule has 362 valence electrons. The van der Waals surface area contributed by atoms with Gasteiger partial charge in [-0.05, 0) is 64.2 Å². The SMILES string of the molecule is CCC\C=C/C=C\C=C/C=C\C=C/CCCCCCCC(=O)OCC(COC(=O)CCCCCCCCCCCCCCC)OC(=O)CCCCC/C=C\CCCCCCCCC. The summed E-state index contributed by atoms with van der Waals surface area (Å²) in [6.07, 6.45) is 64.5. The third-order valence-electron chi connectivity index (χ3n) is 11.3. The third kappa shape index (κ3) is 49.7. The first-order valence-electron chi connectivity index (χ1n) is 26.5. The molecule has 0 rings (SSSR count). The highest BCUT2D eigenvalue weighted by Gasteiger charge is 2.19. The molecule has 0 heterocycles. The highest BCUT2D eigenvalue weighted by Crippen LogP contribution is 2.15. The summed E-state index contributed by atoms with van der Waals surface area (Å²) in [6, 6.07) is 0. The molecule has 0 saturated heterocycles. The van der Waals surface area contributed by atoms with Gasteiger partial charge in [-0.3, -0.25) is 14.4 Å². The van der Waals surface area contributed by atoms with E-state index in [0.717, 1.165) is 96.3 Å². The van der Waals surface area contributed by atoms with Gasteiger partial charge in [0, 0.05) is 19.3 Å². The molecule has 0 aromatic carbocycles. The van der Waals surface area contributed by atoms with Gasteiger partial charge in [0.1, 0.15) is 13.2 Å². The Balaban J connectivity index is 4.45. The molecule has 0 bridgehead atoms. The molecule has 1 atom stereocenters. The fourth-order valence-corrected chi connectivity index (χ4v) is 7.29. The maximum atomic E-state index is 12.8. The summed E-state index contributed by atoms with van der Waals surface area (Å²) in [7, 11) is 0. The largest absolute Gasteiger partial charge is 0.462 e. The number of hydrogen-bond donors (Lipinski definition) is 0. The minimum Gasteiger partial charge on any atom is -0.462 e. The van der Waals surface area contributed by atoms with E-state index in [1.807, 2.05) is 24.3 Å². The quantitative estimate of drug-likeness (QED) is 0.0199. The molecule has 0 aliphatic heterocycles. The predicted molar refractivity (Wildman–Crippen MR) is 270 cm³/mol. The van der Waals surface area contributed by atoms with E-state index in [-0.39, 0.29) is 31.1 Å². The van der Waals surface area contributed by atoms with Crippen LogP contribution >= 0.6 is 0 Å². The maximum Gasteiger partial charge on any atom is 0.306 e. The number of unbranched alkanes of at least 4 members (excludes halogenated alkanes) is 28. The Hall–Kier alpha value is -3.15. The van der Waals surface area contributed by atoms with E-state index in [0.29, 0.717) is 19.3 Å². The fraction of sp³-hybridized carbons (Fsp3) is 0.737. The first-order chi connectivity index (χ1) is 31.0. The molecule has 1 unspecified atom stereocenters. The van der Waals surface area contributed by atoms with Gasteiger partial charge < -0.3 is 14.2 Å². The average molecular weight is 879 g/mol. The highest BCUT2D eigenvalue weighted by atomic mass is 16.6. The first kappa shape index (κ1) is 59.9. The van der Waals surface area contributed by atoms with Gasteiger partial charge in [0.2, 0.25) is 0 Å². The Morgan fingerprint density at radius 1 is 0.317 bits per heavy atom. The van der Waals surface area contributed by atoms with E-state index < -0.39 is 6.10 Å². The van der Waals surface area contributed by atoms with Crippen molar-refractivity contribution < 1.29 is 28.6 Å². The predicted octanol–water partition coefficient (Wildman–Crippen LogP) is 17.4. The number of allylic oxidation sites excluding steroid dienone is 12. The average Bonchev–Trinajstić information content (AvgIpc) is 3.28. The molecular weight excluding hydrogens is 781 g/mol. The van der Waals surface area contributed by atoms with Gasteiger partial charge in [-0.15, -0.1) is 0 Å². The van der Waals surface area contributed by atoms with Crippen LogP contribution in [0.25, 0.3) is 0 Å². The van der Waals surface area contributed by atoms with Crippen molar-refractivity contribution in [2.45, 2.75) is 258 Å². The van der Waals surface area contributed by atoms with Crippen LogP contribution in [0.4, 0.5) is 0 Å². The van der Waals surface area contributed by atoms with Gasteiger partial charge in [-0.25, -0.2) is 0 Å². The summed E-state index contributed by atoms with van der Waals surface area (Å²) in [6.45, 7) is 6.52. The summed E-state index contributed by atoms with van der Waals surface area (Å²) in [4.78, 5) is 38.0. The van der Waals surface area contributed by atoms with E-state index in [1.165, 1.54) is 116 Å². The van der Waals surface area contributed by atoms with Gasteiger partial charge in [0.25, 0.3) is 0 Å². The highest BCUT2D eigenvalue weighted by molar-refractivity contribution is 5.71. The molecule has 0 amide bonds. The van der Waals surface area contributed by atoms with Crippen molar-refractivity contribution in [2.75, 3.05) is 13.2 Å². The second-order valence-electron chi connectivity index (χ2n) is 17.6. The van der Waals surface area contributed by atoms with Crippen LogP contribution in [0.1, 0.15) is 252 Å². The van der Waals surface area contributed by atoms with Crippen LogP contribution in [0, 0.1) is 0 Å². The lowest BCUT2D eigenvalue weighted by Gasteiger charge is -2.18. The normalized spacial score (nSPS) is 12.6. The van der Waals surface area contributed by atoms with E-state index in [9.17, 15) is 14.4 Å². The molecular formula is C57H98O6. The monoisotopic (exact) mass is 879 g/mol. The summed E-state index contributed by atoms with van der Waals surface area (Å²) >= 11 is 0. The number of rotatable bonds is 47. The first-order valence-corrected chi connectivity index (χ1v) is 26.5. The summed E-state index contributed by atoms with van der Waals surface area (Å²) in [5.74, 6) is -0.926. The molecule has 0 aromatic heterocycles. The molecule has 0 N–H and O–H groups in total. The van der Waals surface area contributed by atoms with Crippen LogP contribution in [0.3, 0.4) is 0 Å².